The molecule has 1 rings (SSSR count). The Bertz CT molecular complexity index is 409. The molecule has 6 nitrogen and oxygen atoms in total. The molecule has 0 aliphatic rings. The molecular weight excluding hydrogens is 232 g/mol. The van der Waals surface area contributed by atoms with Crippen LogP contribution in [0.2, 0.25) is 0 Å². The van der Waals surface area contributed by atoms with Gasteiger partial charge in [-0.15, -0.1) is 0 Å². The second kappa shape index (κ2) is 6.44. The van der Waals surface area contributed by atoms with Gasteiger partial charge in [0, 0.05) is 11.7 Å². The largest absolute Gasteiger partial charge is 0.399 e. The quantitative estimate of drug-likeness (QED) is 0.446. The van der Waals surface area contributed by atoms with E-state index in [1.807, 2.05) is 31.2 Å². The van der Waals surface area contributed by atoms with Crippen molar-refractivity contribution in [3.8, 4) is 0 Å². The van der Waals surface area contributed by atoms with Crippen molar-refractivity contribution in [2.24, 2.45) is 5.73 Å². The summed E-state index contributed by atoms with van der Waals surface area (Å²) in [5.74, 6) is 0. The van der Waals surface area contributed by atoms with Crippen LogP contribution in [-0.2, 0) is 16.8 Å². The minimum atomic E-state index is -4.67. The molecule has 0 saturated heterocycles. The highest BCUT2D eigenvalue weighted by atomic mass is 32.3. The lowest BCUT2D eigenvalue weighted by Gasteiger charge is -2.04. The summed E-state index contributed by atoms with van der Waals surface area (Å²) in [6, 6.07) is 8.04. The molecule has 1 atom stereocenters. The van der Waals surface area contributed by atoms with Crippen molar-refractivity contribution in [1.82, 2.24) is 0 Å². The molecule has 1 unspecified atom stereocenters. The molecule has 0 aromatic heterocycles. The van der Waals surface area contributed by atoms with Gasteiger partial charge >= 0.3 is 10.4 Å². The van der Waals surface area contributed by atoms with Crippen molar-refractivity contribution in [2.45, 2.75) is 19.4 Å². The average molecular weight is 248 g/mol. The Morgan fingerprint density at radius 2 is 1.88 bits per heavy atom. The van der Waals surface area contributed by atoms with Crippen LogP contribution in [0.1, 0.15) is 12.5 Å². The van der Waals surface area contributed by atoms with Gasteiger partial charge in [-0.05, 0) is 31.0 Å². The fourth-order valence-corrected chi connectivity index (χ4v) is 1.09. The third-order valence-corrected chi connectivity index (χ3v) is 1.51. The maximum atomic E-state index is 8.74. The van der Waals surface area contributed by atoms with Crippen molar-refractivity contribution in [3.05, 3.63) is 29.8 Å². The van der Waals surface area contributed by atoms with Gasteiger partial charge in [-0.2, -0.15) is 8.42 Å². The third kappa shape index (κ3) is 10.9. The number of rotatable bonds is 2. The number of benzene rings is 1. The zero-order valence-electron chi connectivity index (χ0n) is 8.87. The lowest BCUT2D eigenvalue weighted by Crippen LogP contribution is -2.17. The van der Waals surface area contributed by atoms with E-state index >= 15 is 0 Å². The summed E-state index contributed by atoms with van der Waals surface area (Å²) in [4.78, 5) is 0. The summed E-state index contributed by atoms with van der Waals surface area (Å²) in [5.41, 5.74) is 13.2. The van der Waals surface area contributed by atoms with Gasteiger partial charge in [0.2, 0.25) is 0 Å². The molecule has 0 aliphatic heterocycles. The summed E-state index contributed by atoms with van der Waals surface area (Å²) in [7, 11) is -4.67. The topological polar surface area (TPSA) is 127 Å². The summed E-state index contributed by atoms with van der Waals surface area (Å²) < 4.78 is 31.6. The van der Waals surface area contributed by atoms with Crippen LogP contribution in [0.3, 0.4) is 0 Å². The van der Waals surface area contributed by atoms with E-state index in [4.69, 9.17) is 29.0 Å². The molecule has 0 fully saturated rings. The molecule has 0 heterocycles. The van der Waals surface area contributed by atoms with E-state index in [1.54, 1.807) is 0 Å². The fraction of sp³-hybridized carbons (Fsp3) is 0.333. The summed E-state index contributed by atoms with van der Waals surface area (Å²) in [6.07, 6.45) is 0.894. The van der Waals surface area contributed by atoms with Gasteiger partial charge in [0.15, 0.2) is 0 Å². The Balaban J connectivity index is 0.000000385. The molecule has 6 N–H and O–H groups in total. The van der Waals surface area contributed by atoms with Crippen molar-refractivity contribution in [1.29, 1.82) is 0 Å². The van der Waals surface area contributed by atoms with Crippen LogP contribution in [0.25, 0.3) is 0 Å². The number of nitrogen functional groups attached to an aromatic ring is 1. The van der Waals surface area contributed by atoms with Crippen LogP contribution in [0.5, 0.6) is 0 Å². The highest BCUT2D eigenvalue weighted by molar-refractivity contribution is 7.79. The van der Waals surface area contributed by atoms with Crippen LogP contribution >= 0.6 is 0 Å². The number of anilines is 1. The first-order valence-corrected chi connectivity index (χ1v) is 5.88. The first-order valence-electron chi connectivity index (χ1n) is 4.48. The predicted molar refractivity (Wildman–Crippen MR) is 62.4 cm³/mol. The van der Waals surface area contributed by atoms with Gasteiger partial charge in [-0.25, -0.2) is 0 Å². The van der Waals surface area contributed by atoms with Crippen molar-refractivity contribution < 1.29 is 17.5 Å². The van der Waals surface area contributed by atoms with Crippen LogP contribution in [0.4, 0.5) is 5.69 Å². The Labute approximate surface area is 94.8 Å². The molecular formula is C9H16N2O4S. The maximum Gasteiger partial charge on any atom is 0.394 e. The number of hydrogen-bond donors (Lipinski definition) is 4. The van der Waals surface area contributed by atoms with Gasteiger partial charge in [0.1, 0.15) is 0 Å². The molecule has 16 heavy (non-hydrogen) atoms. The van der Waals surface area contributed by atoms with E-state index < -0.39 is 10.4 Å². The van der Waals surface area contributed by atoms with Crippen molar-refractivity contribution >= 4 is 16.1 Å². The van der Waals surface area contributed by atoms with Crippen LogP contribution < -0.4 is 11.5 Å². The predicted octanol–water partition coefficient (Wildman–Crippen LogP) is 0.506. The molecule has 0 bridgehead atoms. The number of hydrogen-bond acceptors (Lipinski definition) is 4. The highest BCUT2D eigenvalue weighted by Crippen LogP contribution is 2.07. The van der Waals surface area contributed by atoms with E-state index in [9.17, 15) is 0 Å². The Morgan fingerprint density at radius 1 is 1.38 bits per heavy atom. The Hall–Kier alpha value is -1.15. The van der Waals surface area contributed by atoms with Crippen LogP contribution in [0, 0.1) is 0 Å². The third-order valence-electron chi connectivity index (χ3n) is 1.51. The maximum absolute atomic E-state index is 8.74. The summed E-state index contributed by atoms with van der Waals surface area (Å²) in [6.45, 7) is 1.99. The van der Waals surface area contributed by atoms with E-state index in [2.05, 4.69) is 0 Å². The van der Waals surface area contributed by atoms with E-state index in [1.165, 1.54) is 5.56 Å². The first-order chi connectivity index (χ1) is 7.18. The minimum Gasteiger partial charge on any atom is -0.399 e. The van der Waals surface area contributed by atoms with Crippen molar-refractivity contribution in [2.75, 3.05) is 5.73 Å². The lowest BCUT2D eigenvalue weighted by atomic mass is 10.1. The van der Waals surface area contributed by atoms with Gasteiger partial charge in [0.05, 0.1) is 0 Å². The second-order valence-corrected chi connectivity index (χ2v) is 4.27. The lowest BCUT2D eigenvalue weighted by molar-refractivity contribution is 0.381. The normalized spacial score (nSPS) is 12.5. The Morgan fingerprint density at radius 3 is 2.25 bits per heavy atom. The Kier molecular flexibility index (Phi) is 5.97. The fourth-order valence-electron chi connectivity index (χ4n) is 1.09. The molecule has 0 aliphatic carbocycles. The van der Waals surface area contributed by atoms with E-state index in [0.717, 1.165) is 12.1 Å². The first kappa shape index (κ1) is 14.8. The average Bonchev–Trinajstić information content (AvgIpc) is 1.98. The molecule has 0 radical (unpaired) electrons. The van der Waals surface area contributed by atoms with E-state index in [0.29, 0.717) is 0 Å². The van der Waals surface area contributed by atoms with Gasteiger partial charge in [0.25, 0.3) is 0 Å². The van der Waals surface area contributed by atoms with Crippen LogP contribution in [-0.4, -0.2) is 23.6 Å². The standard InChI is InChI=1S/C9H14N2.H2O4S/c1-7(10)5-8-3-2-4-9(11)6-8;1-5(2,3)4/h2-4,6-7H,5,10-11H2,1H3;(H2,1,2,3,4). The molecule has 1 aromatic rings. The van der Waals surface area contributed by atoms with Gasteiger partial charge < -0.3 is 11.5 Å². The number of nitrogens with two attached hydrogens (primary N) is 2. The van der Waals surface area contributed by atoms with E-state index in [-0.39, 0.29) is 6.04 Å². The smallest absolute Gasteiger partial charge is 0.394 e. The highest BCUT2D eigenvalue weighted by Gasteiger charge is 1.96. The minimum absolute atomic E-state index is 0.205. The SMILES string of the molecule is CC(N)Cc1cccc(N)c1.O=S(=O)(O)O. The summed E-state index contributed by atoms with van der Waals surface area (Å²) in [5, 5.41) is 0. The molecule has 0 spiro atoms. The van der Waals surface area contributed by atoms with Gasteiger partial charge in [-0.1, -0.05) is 12.1 Å². The molecule has 0 saturated carbocycles. The second-order valence-electron chi connectivity index (χ2n) is 3.37. The zero-order chi connectivity index (χ0) is 12.8. The molecule has 7 heteroatoms. The van der Waals surface area contributed by atoms with Crippen molar-refractivity contribution in [3.63, 3.8) is 0 Å². The van der Waals surface area contributed by atoms with Crippen LogP contribution in [0.15, 0.2) is 24.3 Å². The monoisotopic (exact) mass is 248 g/mol. The summed E-state index contributed by atoms with van der Waals surface area (Å²) >= 11 is 0. The molecule has 1 aromatic carbocycles. The molecule has 92 valence electrons. The zero-order valence-corrected chi connectivity index (χ0v) is 9.68. The molecule has 0 amide bonds. The van der Waals surface area contributed by atoms with Gasteiger partial charge in [-0.3, -0.25) is 9.11 Å².